The molecule has 2 aromatic carbocycles. The highest BCUT2D eigenvalue weighted by molar-refractivity contribution is 6.26. The van der Waals surface area contributed by atoms with Gasteiger partial charge in [-0.3, -0.25) is 19.7 Å². The van der Waals surface area contributed by atoms with Crippen LogP contribution in [0.4, 0.5) is 11.4 Å². The number of fused-ring (bicyclic) bond motifs is 6. The number of carbonyl (C=O) groups excluding carboxylic acids is 2. The molecule has 25 heavy (non-hydrogen) atoms. The molecule has 0 aromatic heterocycles. The fourth-order valence-corrected chi connectivity index (χ4v) is 4.57. The van der Waals surface area contributed by atoms with Crippen LogP contribution in [0.3, 0.4) is 0 Å². The second kappa shape index (κ2) is 4.86. The summed E-state index contributed by atoms with van der Waals surface area (Å²) in [6.45, 7) is 0. The topological polar surface area (TPSA) is 89.8 Å². The highest BCUT2D eigenvalue weighted by Crippen LogP contribution is 2.50. The molecule has 2 bridgehead atoms. The van der Waals surface area contributed by atoms with Crippen molar-refractivity contribution in [2.24, 2.45) is 11.8 Å². The van der Waals surface area contributed by atoms with Crippen LogP contribution in [-0.2, 0) is 14.3 Å². The maximum Gasteiger partial charge on any atom is 0.277 e. The van der Waals surface area contributed by atoms with Gasteiger partial charge in [0.2, 0.25) is 11.8 Å². The normalized spacial score (nSPS) is 30.3. The van der Waals surface area contributed by atoms with Crippen molar-refractivity contribution < 1.29 is 19.2 Å². The molecule has 4 atom stereocenters. The van der Waals surface area contributed by atoms with Crippen molar-refractivity contribution in [2.45, 2.75) is 25.0 Å². The maximum atomic E-state index is 12.9. The van der Waals surface area contributed by atoms with E-state index in [0.717, 1.165) is 12.8 Å². The number of rotatable bonds is 2. The van der Waals surface area contributed by atoms with E-state index in [1.807, 2.05) is 0 Å². The van der Waals surface area contributed by atoms with Crippen molar-refractivity contribution >= 4 is 34.0 Å². The van der Waals surface area contributed by atoms with Gasteiger partial charge in [0.05, 0.1) is 40.0 Å². The van der Waals surface area contributed by atoms with Crippen molar-refractivity contribution in [1.29, 1.82) is 0 Å². The van der Waals surface area contributed by atoms with Gasteiger partial charge in [-0.25, -0.2) is 4.90 Å². The lowest BCUT2D eigenvalue weighted by atomic mass is 9.81. The van der Waals surface area contributed by atoms with Crippen LogP contribution in [0.2, 0.25) is 0 Å². The van der Waals surface area contributed by atoms with Crippen LogP contribution in [-0.4, -0.2) is 28.9 Å². The lowest BCUT2D eigenvalue weighted by Crippen LogP contribution is -2.34. The third-order valence-corrected chi connectivity index (χ3v) is 5.60. The molecule has 5 rings (SSSR count). The Balaban J connectivity index is 1.67. The molecule has 3 aliphatic rings. The molecule has 126 valence electrons. The largest absolute Gasteiger partial charge is 0.373 e. The molecule has 2 amide bonds. The van der Waals surface area contributed by atoms with E-state index in [-0.39, 0.29) is 29.7 Å². The number of ether oxygens (including phenoxy) is 1. The number of nitro groups is 1. The third-order valence-electron chi connectivity index (χ3n) is 5.60. The smallest absolute Gasteiger partial charge is 0.277 e. The molecule has 3 heterocycles. The first kappa shape index (κ1) is 14.5. The fraction of sp³-hybridized carbons (Fsp3) is 0.333. The molecule has 0 aliphatic carbocycles. The van der Waals surface area contributed by atoms with Gasteiger partial charge in [0, 0.05) is 11.5 Å². The Hall–Kier alpha value is -2.80. The predicted octanol–water partition coefficient (Wildman–Crippen LogP) is 2.41. The minimum absolute atomic E-state index is 0.0398. The number of nitrogens with zero attached hydrogens (tertiary/aromatic N) is 2. The van der Waals surface area contributed by atoms with Gasteiger partial charge in [0.1, 0.15) is 0 Å². The molecule has 3 aliphatic heterocycles. The summed E-state index contributed by atoms with van der Waals surface area (Å²) in [5.41, 5.74) is 0.382. The molecular weight excluding hydrogens is 324 g/mol. The first-order valence-corrected chi connectivity index (χ1v) is 8.27. The Morgan fingerprint density at radius 2 is 1.56 bits per heavy atom. The number of carbonyl (C=O) groups is 2. The molecule has 2 aromatic rings. The summed E-state index contributed by atoms with van der Waals surface area (Å²) in [7, 11) is 0. The third kappa shape index (κ3) is 1.78. The zero-order valence-corrected chi connectivity index (χ0v) is 13.1. The van der Waals surface area contributed by atoms with Gasteiger partial charge in [-0.05, 0) is 25.0 Å². The summed E-state index contributed by atoms with van der Waals surface area (Å²) < 4.78 is 5.74. The molecule has 0 spiro atoms. The second-order valence-corrected chi connectivity index (χ2v) is 6.76. The minimum atomic E-state index is -0.456. The Kier molecular flexibility index (Phi) is 2.82. The zero-order valence-electron chi connectivity index (χ0n) is 13.1. The van der Waals surface area contributed by atoms with E-state index in [2.05, 4.69) is 0 Å². The molecule has 3 saturated heterocycles. The van der Waals surface area contributed by atoms with Gasteiger partial charge in [-0.1, -0.05) is 18.2 Å². The van der Waals surface area contributed by atoms with Crippen molar-refractivity contribution in [1.82, 2.24) is 0 Å². The first-order chi connectivity index (χ1) is 12.1. The van der Waals surface area contributed by atoms with Crippen LogP contribution in [0.5, 0.6) is 0 Å². The summed E-state index contributed by atoms with van der Waals surface area (Å²) >= 11 is 0. The average Bonchev–Trinajstić information content (AvgIpc) is 3.28. The zero-order chi connectivity index (χ0) is 17.3. The highest BCUT2D eigenvalue weighted by Gasteiger charge is 2.62. The number of anilines is 1. The van der Waals surface area contributed by atoms with Crippen molar-refractivity contribution in [3.8, 4) is 0 Å². The van der Waals surface area contributed by atoms with E-state index in [0.29, 0.717) is 16.5 Å². The van der Waals surface area contributed by atoms with Gasteiger partial charge in [-0.15, -0.1) is 0 Å². The number of imide groups is 1. The van der Waals surface area contributed by atoms with Crippen LogP contribution in [0.1, 0.15) is 12.8 Å². The van der Waals surface area contributed by atoms with E-state index < -0.39 is 16.8 Å². The van der Waals surface area contributed by atoms with Crippen LogP contribution in [0, 0.1) is 22.0 Å². The van der Waals surface area contributed by atoms with Crippen molar-refractivity contribution in [2.75, 3.05) is 4.90 Å². The maximum absolute atomic E-state index is 12.9. The van der Waals surface area contributed by atoms with Crippen molar-refractivity contribution in [3.63, 3.8) is 0 Å². The highest BCUT2D eigenvalue weighted by atomic mass is 16.6. The van der Waals surface area contributed by atoms with Gasteiger partial charge >= 0.3 is 0 Å². The van der Waals surface area contributed by atoms with E-state index >= 15 is 0 Å². The van der Waals surface area contributed by atoms with Gasteiger partial charge in [0.25, 0.3) is 5.69 Å². The number of amides is 2. The molecule has 0 N–H and O–H groups in total. The van der Waals surface area contributed by atoms with Crippen LogP contribution in [0.15, 0.2) is 36.4 Å². The number of hydrogen-bond acceptors (Lipinski definition) is 5. The predicted molar refractivity (Wildman–Crippen MR) is 88.0 cm³/mol. The summed E-state index contributed by atoms with van der Waals surface area (Å²) in [5, 5.41) is 12.2. The number of benzene rings is 2. The molecule has 3 fully saturated rings. The van der Waals surface area contributed by atoms with Crippen LogP contribution in [0.25, 0.3) is 10.8 Å². The fourth-order valence-electron chi connectivity index (χ4n) is 4.57. The number of non-ortho nitro benzene ring substituents is 1. The molecule has 0 saturated carbocycles. The number of nitro benzene ring substituents is 1. The Bertz CT molecular complexity index is 928. The monoisotopic (exact) mass is 338 g/mol. The summed E-state index contributed by atoms with van der Waals surface area (Å²) in [4.78, 5) is 37.9. The Labute approximate surface area is 142 Å². The lowest BCUT2D eigenvalue weighted by molar-refractivity contribution is -0.383. The summed E-state index contributed by atoms with van der Waals surface area (Å²) in [6, 6.07) is 9.65. The molecule has 4 unspecified atom stereocenters. The van der Waals surface area contributed by atoms with Gasteiger partial charge in [0.15, 0.2) is 0 Å². The van der Waals surface area contributed by atoms with Gasteiger partial charge < -0.3 is 4.74 Å². The lowest BCUT2D eigenvalue weighted by Gasteiger charge is -2.19. The van der Waals surface area contributed by atoms with E-state index in [9.17, 15) is 19.7 Å². The molecule has 0 radical (unpaired) electrons. The van der Waals surface area contributed by atoms with Crippen LogP contribution >= 0.6 is 0 Å². The van der Waals surface area contributed by atoms with E-state index in [1.54, 1.807) is 24.3 Å². The SMILES string of the molecule is O=C1C2C3CCC(O3)C2C(=O)N1c1ccc([N+](=O)[O-])c2ccccc12. The Morgan fingerprint density at radius 1 is 0.960 bits per heavy atom. The molecule has 7 heteroatoms. The molecular formula is C18H14N2O5. The minimum Gasteiger partial charge on any atom is -0.373 e. The molecule has 7 nitrogen and oxygen atoms in total. The second-order valence-electron chi connectivity index (χ2n) is 6.76. The summed E-state index contributed by atoms with van der Waals surface area (Å²) in [6.07, 6.45) is 1.25. The summed E-state index contributed by atoms with van der Waals surface area (Å²) in [5.74, 6) is -1.33. The first-order valence-electron chi connectivity index (χ1n) is 8.27. The van der Waals surface area contributed by atoms with Crippen molar-refractivity contribution in [3.05, 3.63) is 46.5 Å². The van der Waals surface area contributed by atoms with Gasteiger partial charge in [-0.2, -0.15) is 0 Å². The number of hydrogen-bond donors (Lipinski definition) is 0. The average molecular weight is 338 g/mol. The standard InChI is InChI=1S/C18H14N2O5/c21-17-15-13-7-8-14(25-13)16(15)18(22)19(17)11-5-6-12(20(23)24)10-4-2-1-3-9(10)11/h1-6,13-16H,7-8H2. The van der Waals surface area contributed by atoms with Crippen LogP contribution < -0.4 is 4.90 Å². The Morgan fingerprint density at radius 3 is 2.16 bits per heavy atom. The quantitative estimate of drug-likeness (QED) is 0.476. The van der Waals surface area contributed by atoms with E-state index in [1.165, 1.54) is 17.0 Å². The van der Waals surface area contributed by atoms with E-state index in [4.69, 9.17) is 4.74 Å².